The van der Waals surface area contributed by atoms with E-state index in [1.54, 1.807) is 0 Å². The molecule has 0 saturated heterocycles. The summed E-state index contributed by atoms with van der Waals surface area (Å²) in [5.74, 6) is 1.78. The molecule has 0 amide bonds. The highest BCUT2D eigenvalue weighted by Gasteiger charge is 2.25. The highest BCUT2D eigenvalue weighted by atomic mass is 32.1. The summed E-state index contributed by atoms with van der Waals surface area (Å²) in [5, 5.41) is 7.29. The average Bonchev–Trinajstić information content (AvgIpc) is 4.09. The molecule has 322 valence electrons. The van der Waals surface area contributed by atoms with Gasteiger partial charge in [0, 0.05) is 64.0 Å². The van der Waals surface area contributed by atoms with Gasteiger partial charge in [-0.25, -0.2) is 15.0 Å². The number of aromatic nitrogens is 5. The standard InChI is InChI=1S/C63H39N5S/c1-3-19-40(20-4-1)51-38-58(68-55-34-14-9-27-47(55)48-28-10-15-35-56(48)68)52(39-57(51)67-53-32-12-7-25-45(53)46-26-8-13-33-54(46)67)63-65-61(41-21-5-2-6-22-41)64-62(66-63)43-24-17-23-42(37-43)44-30-18-31-50-49-29-11-16-36-59(49)69-60(44)50/h1-39H. The molecule has 0 atom stereocenters. The lowest BCUT2D eigenvalue weighted by Crippen LogP contribution is -2.06. The Morgan fingerprint density at radius 3 is 1.30 bits per heavy atom. The number of nitrogens with zero attached hydrogens (tertiary/aromatic N) is 5. The maximum Gasteiger partial charge on any atom is 0.166 e. The van der Waals surface area contributed by atoms with Crippen LogP contribution in [0.3, 0.4) is 0 Å². The Labute approximate surface area is 401 Å². The Kier molecular flexibility index (Phi) is 9.00. The van der Waals surface area contributed by atoms with Gasteiger partial charge < -0.3 is 9.13 Å². The van der Waals surface area contributed by atoms with Gasteiger partial charge in [0.2, 0.25) is 0 Å². The molecule has 4 heterocycles. The van der Waals surface area contributed by atoms with Crippen LogP contribution in [0.4, 0.5) is 0 Å². The zero-order valence-corrected chi connectivity index (χ0v) is 38.0. The minimum absolute atomic E-state index is 0.578. The lowest BCUT2D eigenvalue weighted by Gasteiger charge is -2.21. The monoisotopic (exact) mass is 897 g/mol. The van der Waals surface area contributed by atoms with E-state index in [1.807, 2.05) is 29.5 Å². The Balaban J connectivity index is 1.09. The summed E-state index contributed by atoms with van der Waals surface area (Å²) < 4.78 is 7.37. The average molecular weight is 898 g/mol. The van der Waals surface area contributed by atoms with E-state index in [0.717, 1.165) is 66.8 Å². The molecular weight excluding hydrogens is 859 g/mol. The maximum absolute atomic E-state index is 5.57. The van der Waals surface area contributed by atoms with Gasteiger partial charge in [-0.2, -0.15) is 0 Å². The SMILES string of the molecule is c1ccc(-c2nc(-c3cccc(-c4cccc5c4sc4ccccc45)c3)nc(-c3cc(-n4c5ccccc5c5ccccc54)c(-c4ccccc4)cc3-n3c4ccccc4c4ccccc43)n2)cc1. The fraction of sp³-hybridized carbons (Fsp3) is 0. The first-order chi connectivity index (χ1) is 34.2. The van der Waals surface area contributed by atoms with Crippen molar-refractivity contribution in [2.75, 3.05) is 0 Å². The third-order valence-corrected chi connectivity index (χ3v) is 14.8. The quantitative estimate of drug-likeness (QED) is 0.160. The van der Waals surface area contributed by atoms with E-state index < -0.39 is 0 Å². The first-order valence-electron chi connectivity index (χ1n) is 23.3. The van der Waals surface area contributed by atoms with Crippen LogP contribution in [-0.2, 0) is 0 Å². The zero-order valence-electron chi connectivity index (χ0n) is 37.2. The molecule has 0 spiro atoms. The molecule has 0 bridgehead atoms. The molecule has 0 saturated carbocycles. The van der Waals surface area contributed by atoms with Crippen LogP contribution in [0.25, 0.3) is 132 Å². The molecule has 14 rings (SSSR count). The molecule has 5 nitrogen and oxygen atoms in total. The summed E-state index contributed by atoms with van der Waals surface area (Å²) in [4.78, 5) is 16.4. The van der Waals surface area contributed by atoms with E-state index in [0.29, 0.717) is 17.5 Å². The van der Waals surface area contributed by atoms with Crippen LogP contribution >= 0.6 is 11.3 Å². The fourth-order valence-corrected chi connectivity index (χ4v) is 11.7. The molecule has 0 aliphatic carbocycles. The second-order valence-electron chi connectivity index (χ2n) is 17.5. The van der Waals surface area contributed by atoms with Gasteiger partial charge in [0.05, 0.1) is 33.4 Å². The number of hydrogen-bond acceptors (Lipinski definition) is 4. The predicted octanol–water partition coefficient (Wildman–Crippen LogP) is 16.8. The molecule has 0 aliphatic heterocycles. The molecule has 0 radical (unpaired) electrons. The highest BCUT2D eigenvalue weighted by molar-refractivity contribution is 7.26. The highest BCUT2D eigenvalue weighted by Crippen LogP contribution is 2.44. The van der Waals surface area contributed by atoms with E-state index in [4.69, 9.17) is 15.0 Å². The first-order valence-corrected chi connectivity index (χ1v) is 24.1. The first kappa shape index (κ1) is 39.2. The second-order valence-corrected chi connectivity index (χ2v) is 18.6. The van der Waals surface area contributed by atoms with Crippen molar-refractivity contribution in [2.45, 2.75) is 0 Å². The largest absolute Gasteiger partial charge is 0.309 e. The normalized spacial score (nSPS) is 11.8. The van der Waals surface area contributed by atoms with Crippen LogP contribution in [0.15, 0.2) is 237 Å². The number of fused-ring (bicyclic) bond motifs is 9. The Bertz CT molecular complexity index is 4210. The molecule has 0 unspecified atom stereocenters. The maximum atomic E-state index is 5.57. The fourth-order valence-electron chi connectivity index (χ4n) is 10.5. The van der Waals surface area contributed by atoms with E-state index in [1.165, 1.54) is 47.3 Å². The number of hydrogen-bond donors (Lipinski definition) is 0. The third-order valence-electron chi connectivity index (χ3n) is 13.6. The molecule has 6 heteroatoms. The predicted molar refractivity (Wildman–Crippen MR) is 289 cm³/mol. The van der Waals surface area contributed by atoms with E-state index >= 15 is 0 Å². The molecular formula is C63H39N5S. The second kappa shape index (κ2) is 15.8. The number of thiophene rings is 1. The van der Waals surface area contributed by atoms with E-state index in [2.05, 4.69) is 228 Å². The van der Waals surface area contributed by atoms with Crippen LogP contribution in [0.1, 0.15) is 0 Å². The zero-order chi connectivity index (χ0) is 45.4. The number of para-hydroxylation sites is 4. The van der Waals surface area contributed by atoms with Crippen molar-refractivity contribution in [1.29, 1.82) is 0 Å². The van der Waals surface area contributed by atoms with Crippen LogP contribution < -0.4 is 0 Å². The van der Waals surface area contributed by atoms with Gasteiger partial charge in [0.1, 0.15) is 0 Å². The van der Waals surface area contributed by atoms with Gasteiger partial charge in [-0.15, -0.1) is 11.3 Å². The summed E-state index contributed by atoms with van der Waals surface area (Å²) in [7, 11) is 0. The van der Waals surface area contributed by atoms with Crippen LogP contribution in [-0.4, -0.2) is 24.1 Å². The van der Waals surface area contributed by atoms with Gasteiger partial charge in [-0.1, -0.05) is 188 Å². The van der Waals surface area contributed by atoms with Gasteiger partial charge in [0.25, 0.3) is 0 Å². The summed E-state index contributed by atoms with van der Waals surface area (Å²) in [5.41, 5.74) is 13.6. The molecule has 10 aromatic carbocycles. The topological polar surface area (TPSA) is 48.5 Å². The number of rotatable bonds is 7. The summed E-state index contributed by atoms with van der Waals surface area (Å²) >= 11 is 1.84. The molecule has 0 fully saturated rings. The van der Waals surface area contributed by atoms with Gasteiger partial charge in [0.15, 0.2) is 17.5 Å². The minimum atomic E-state index is 0.578. The smallest absolute Gasteiger partial charge is 0.166 e. The van der Waals surface area contributed by atoms with Crippen molar-refractivity contribution in [2.24, 2.45) is 0 Å². The minimum Gasteiger partial charge on any atom is -0.309 e. The van der Waals surface area contributed by atoms with Crippen LogP contribution in [0, 0.1) is 0 Å². The van der Waals surface area contributed by atoms with Crippen molar-refractivity contribution in [1.82, 2.24) is 24.1 Å². The van der Waals surface area contributed by atoms with Gasteiger partial charge >= 0.3 is 0 Å². The summed E-state index contributed by atoms with van der Waals surface area (Å²) in [6.07, 6.45) is 0. The molecule has 14 aromatic rings. The summed E-state index contributed by atoms with van der Waals surface area (Å²) in [6, 6.07) is 84.5. The van der Waals surface area contributed by atoms with Crippen molar-refractivity contribution in [3.05, 3.63) is 237 Å². The molecule has 0 N–H and O–H groups in total. The van der Waals surface area contributed by atoms with Gasteiger partial charge in [-0.05, 0) is 65.2 Å². The summed E-state index contributed by atoms with van der Waals surface area (Å²) in [6.45, 7) is 0. The van der Waals surface area contributed by atoms with Crippen molar-refractivity contribution in [3.63, 3.8) is 0 Å². The van der Waals surface area contributed by atoms with Gasteiger partial charge in [-0.3, -0.25) is 0 Å². The number of benzene rings is 10. The molecule has 4 aromatic heterocycles. The lowest BCUT2D eigenvalue weighted by atomic mass is 9.98. The molecule has 0 aliphatic rings. The van der Waals surface area contributed by atoms with E-state index in [-0.39, 0.29) is 0 Å². The van der Waals surface area contributed by atoms with Crippen molar-refractivity contribution in [3.8, 4) is 67.8 Å². The Morgan fingerprint density at radius 1 is 0.275 bits per heavy atom. The lowest BCUT2D eigenvalue weighted by molar-refractivity contribution is 1.06. The molecule has 69 heavy (non-hydrogen) atoms. The Hall–Kier alpha value is -8.97. The van der Waals surface area contributed by atoms with Crippen LogP contribution in [0.2, 0.25) is 0 Å². The van der Waals surface area contributed by atoms with Crippen LogP contribution in [0.5, 0.6) is 0 Å². The van der Waals surface area contributed by atoms with E-state index in [9.17, 15) is 0 Å². The van der Waals surface area contributed by atoms with Crippen molar-refractivity contribution >= 4 is 75.1 Å². The van der Waals surface area contributed by atoms with Crippen molar-refractivity contribution < 1.29 is 0 Å². The Morgan fingerprint density at radius 2 is 0.696 bits per heavy atom. The third kappa shape index (κ3) is 6.34.